The molecule has 1 aromatic rings. The van der Waals surface area contributed by atoms with Crippen molar-refractivity contribution in [1.29, 1.82) is 0 Å². The molecule has 1 aliphatic heterocycles. The van der Waals surface area contributed by atoms with E-state index in [1.165, 1.54) is 29.6 Å². The molecule has 6 nitrogen and oxygen atoms in total. The number of rotatable bonds is 4. The van der Waals surface area contributed by atoms with Gasteiger partial charge >= 0.3 is 0 Å². The summed E-state index contributed by atoms with van der Waals surface area (Å²) in [6.45, 7) is 0.161. The highest BCUT2D eigenvalue weighted by atomic mass is 35.5. The Bertz CT molecular complexity index is 745. The van der Waals surface area contributed by atoms with Crippen LogP contribution in [0.5, 0.6) is 5.75 Å². The molecule has 2 rings (SSSR count). The molecule has 0 amide bonds. The molecule has 0 bridgehead atoms. The van der Waals surface area contributed by atoms with Crippen molar-refractivity contribution in [2.45, 2.75) is 16.6 Å². The van der Waals surface area contributed by atoms with Gasteiger partial charge < -0.3 is 4.74 Å². The van der Waals surface area contributed by atoms with Crippen molar-refractivity contribution >= 4 is 31.5 Å². The lowest BCUT2D eigenvalue weighted by Gasteiger charge is -2.17. The van der Waals surface area contributed by atoms with E-state index in [0.29, 0.717) is 12.2 Å². The normalized spacial score (nSPS) is 20.6. The van der Waals surface area contributed by atoms with Crippen LogP contribution >= 0.6 is 11.6 Å². The molecule has 0 spiro atoms. The first kappa shape index (κ1) is 16.5. The SMILES string of the molecule is COc1ccc(S(=O)(=O)N2CCC(S(C)(=O)=O)C2)cc1Cl. The van der Waals surface area contributed by atoms with Crippen molar-refractivity contribution in [1.82, 2.24) is 4.31 Å². The molecule has 1 atom stereocenters. The van der Waals surface area contributed by atoms with Gasteiger partial charge in [0.25, 0.3) is 0 Å². The topological polar surface area (TPSA) is 80.8 Å². The van der Waals surface area contributed by atoms with Crippen LogP contribution in [0.1, 0.15) is 6.42 Å². The van der Waals surface area contributed by atoms with Gasteiger partial charge in [-0.15, -0.1) is 0 Å². The molecule has 1 saturated heterocycles. The summed E-state index contributed by atoms with van der Waals surface area (Å²) in [4.78, 5) is 0.0300. The van der Waals surface area contributed by atoms with Crippen LogP contribution in [0.4, 0.5) is 0 Å². The van der Waals surface area contributed by atoms with Gasteiger partial charge in [0.2, 0.25) is 10.0 Å². The third-order valence-corrected chi connectivity index (χ3v) is 7.23. The average Bonchev–Trinajstić information content (AvgIpc) is 2.88. The van der Waals surface area contributed by atoms with Crippen LogP contribution in [-0.4, -0.2) is 52.8 Å². The molecule has 1 unspecified atom stereocenters. The molecule has 1 aliphatic rings. The maximum Gasteiger partial charge on any atom is 0.243 e. The van der Waals surface area contributed by atoms with E-state index < -0.39 is 25.1 Å². The van der Waals surface area contributed by atoms with Crippen LogP contribution in [0.15, 0.2) is 23.1 Å². The third kappa shape index (κ3) is 3.33. The molecule has 0 aliphatic carbocycles. The summed E-state index contributed by atoms with van der Waals surface area (Å²) in [5.41, 5.74) is 0. The Labute approximate surface area is 129 Å². The number of halogens is 1. The Kier molecular flexibility index (Phi) is 4.53. The van der Waals surface area contributed by atoms with Gasteiger partial charge in [0.15, 0.2) is 9.84 Å². The molecule has 21 heavy (non-hydrogen) atoms. The fourth-order valence-corrected chi connectivity index (χ4v) is 5.15. The summed E-state index contributed by atoms with van der Waals surface area (Å²) in [7, 11) is -5.56. The lowest BCUT2D eigenvalue weighted by atomic mass is 10.3. The highest BCUT2D eigenvalue weighted by Crippen LogP contribution is 2.30. The highest BCUT2D eigenvalue weighted by molar-refractivity contribution is 7.91. The Morgan fingerprint density at radius 2 is 1.95 bits per heavy atom. The van der Waals surface area contributed by atoms with E-state index in [2.05, 4.69) is 0 Å². The fourth-order valence-electron chi connectivity index (χ4n) is 2.22. The zero-order chi connectivity index (χ0) is 15.8. The van der Waals surface area contributed by atoms with Crippen molar-refractivity contribution in [2.75, 3.05) is 26.5 Å². The first-order chi connectivity index (χ1) is 9.66. The summed E-state index contributed by atoms with van der Waals surface area (Å²) in [6.07, 6.45) is 1.43. The second kappa shape index (κ2) is 5.75. The van der Waals surface area contributed by atoms with Crippen molar-refractivity contribution in [3.05, 3.63) is 23.2 Å². The quantitative estimate of drug-likeness (QED) is 0.811. The van der Waals surface area contributed by atoms with Gasteiger partial charge in [0.05, 0.1) is 22.3 Å². The van der Waals surface area contributed by atoms with Gasteiger partial charge in [-0.25, -0.2) is 16.8 Å². The first-order valence-corrected chi connectivity index (χ1v) is 9.96. The minimum Gasteiger partial charge on any atom is -0.495 e. The summed E-state index contributed by atoms with van der Waals surface area (Å²) in [6, 6.07) is 4.18. The largest absolute Gasteiger partial charge is 0.495 e. The van der Waals surface area contributed by atoms with Crippen molar-refractivity contribution in [3.63, 3.8) is 0 Å². The number of hydrogen-bond acceptors (Lipinski definition) is 5. The van der Waals surface area contributed by atoms with Gasteiger partial charge in [-0.2, -0.15) is 4.31 Å². The Balaban J connectivity index is 2.29. The molecule has 0 saturated carbocycles. The predicted molar refractivity (Wildman–Crippen MR) is 80.0 cm³/mol. The smallest absolute Gasteiger partial charge is 0.243 e. The van der Waals surface area contributed by atoms with E-state index in [4.69, 9.17) is 16.3 Å². The van der Waals surface area contributed by atoms with E-state index in [0.717, 1.165) is 6.26 Å². The second-order valence-electron chi connectivity index (χ2n) is 4.90. The molecule has 1 fully saturated rings. The number of hydrogen-bond donors (Lipinski definition) is 0. The number of sulfonamides is 1. The first-order valence-electron chi connectivity index (χ1n) is 6.19. The second-order valence-corrected chi connectivity index (χ2v) is 9.57. The lowest BCUT2D eigenvalue weighted by molar-refractivity contribution is 0.414. The maximum absolute atomic E-state index is 12.5. The zero-order valence-electron chi connectivity index (χ0n) is 11.6. The number of sulfone groups is 1. The number of ether oxygens (including phenoxy) is 1. The van der Waals surface area contributed by atoms with Crippen LogP contribution in [0.2, 0.25) is 5.02 Å². The Morgan fingerprint density at radius 3 is 2.43 bits per heavy atom. The fraction of sp³-hybridized carbons (Fsp3) is 0.500. The van der Waals surface area contributed by atoms with Crippen LogP contribution in [0, 0.1) is 0 Å². The average molecular weight is 354 g/mol. The standard InChI is InChI=1S/C12H16ClNO5S2/c1-19-12-4-3-9(7-11(12)13)21(17,18)14-6-5-10(8-14)20(2,15)16/h3-4,7,10H,5-6,8H2,1-2H3. The molecule has 9 heteroatoms. The predicted octanol–water partition coefficient (Wildman–Crippen LogP) is 1.16. The van der Waals surface area contributed by atoms with Gasteiger partial charge in [-0.1, -0.05) is 11.6 Å². The minimum atomic E-state index is -3.75. The number of methoxy groups -OCH3 is 1. The summed E-state index contributed by atoms with van der Waals surface area (Å²) in [5.74, 6) is 0.381. The minimum absolute atomic E-state index is 0.0230. The highest BCUT2D eigenvalue weighted by Gasteiger charge is 2.37. The van der Waals surface area contributed by atoms with E-state index >= 15 is 0 Å². The zero-order valence-corrected chi connectivity index (χ0v) is 14.0. The molecule has 1 heterocycles. The summed E-state index contributed by atoms with van der Waals surface area (Å²) >= 11 is 5.94. The van der Waals surface area contributed by atoms with Gasteiger partial charge in [0.1, 0.15) is 5.75 Å². The molecule has 1 aromatic carbocycles. The van der Waals surface area contributed by atoms with Crippen LogP contribution < -0.4 is 4.74 Å². The van der Waals surface area contributed by atoms with Crippen molar-refractivity contribution < 1.29 is 21.6 Å². The van der Waals surface area contributed by atoms with Crippen LogP contribution in [-0.2, 0) is 19.9 Å². The monoisotopic (exact) mass is 353 g/mol. The van der Waals surface area contributed by atoms with Crippen molar-refractivity contribution in [2.24, 2.45) is 0 Å². The molecule has 0 N–H and O–H groups in total. The van der Waals surface area contributed by atoms with Gasteiger partial charge in [0, 0.05) is 19.3 Å². The number of nitrogens with zero attached hydrogens (tertiary/aromatic N) is 1. The Hall–Kier alpha value is -0.830. The van der Waals surface area contributed by atoms with Gasteiger partial charge in [-0.05, 0) is 24.6 Å². The summed E-state index contributed by atoms with van der Waals surface area (Å²) in [5, 5.41) is -0.460. The van der Waals surface area contributed by atoms with Crippen molar-refractivity contribution in [3.8, 4) is 5.75 Å². The summed E-state index contributed by atoms with van der Waals surface area (Å²) < 4.78 is 54.2. The number of benzene rings is 1. The molecular formula is C12H16ClNO5S2. The van der Waals surface area contributed by atoms with Crippen LogP contribution in [0.25, 0.3) is 0 Å². The molecular weight excluding hydrogens is 338 g/mol. The lowest BCUT2D eigenvalue weighted by Crippen LogP contribution is -2.31. The van der Waals surface area contributed by atoms with E-state index in [-0.39, 0.29) is 23.0 Å². The molecule has 0 aromatic heterocycles. The van der Waals surface area contributed by atoms with Gasteiger partial charge in [-0.3, -0.25) is 0 Å². The third-order valence-electron chi connectivity index (χ3n) is 3.47. The molecule has 0 radical (unpaired) electrons. The van der Waals surface area contributed by atoms with E-state index in [1.807, 2.05) is 0 Å². The van der Waals surface area contributed by atoms with E-state index in [1.54, 1.807) is 0 Å². The van der Waals surface area contributed by atoms with Crippen LogP contribution in [0.3, 0.4) is 0 Å². The maximum atomic E-state index is 12.5. The molecule has 118 valence electrons. The Morgan fingerprint density at radius 1 is 1.29 bits per heavy atom. The van der Waals surface area contributed by atoms with E-state index in [9.17, 15) is 16.8 Å².